The molecule has 3 heterocycles. The summed E-state index contributed by atoms with van der Waals surface area (Å²) >= 11 is 0. The summed E-state index contributed by atoms with van der Waals surface area (Å²) in [7, 11) is 3.55. The van der Waals surface area contributed by atoms with E-state index in [0.717, 1.165) is 22.1 Å². The van der Waals surface area contributed by atoms with Gasteiger partial charge in [-0.3, -0.25) is 14.6 Å². The molecule has 26 heavy (non-hydrogen) atoms. The molecule has 4 aromatic rings. The molecule has 0 saturated heterocycles. The van der Waals surface area contributed by atoms with Crippen LogP contribution in [0.25, 0.3) is 21.8 Å². The Kier molecular flexibility index (Phi) is 3.61. The third kappa shape index (κ3) is 2.38. The molecule has 3 aromatic heterocycles. The van der Waals surface area contributed by atoms with Crippen molar-refractivity contribution in [3.63, 3.8) is 0 Å². The molecule has 6 heteroatoms. The summed E-state index contributed by atoms with van der Waals surface area (Å²) in [5.41, 5.74) is 3.39. The van der Waals surface area contributed by atoms with Crippen molar-refractivity contribution in [2.45, 2.75) is 6.92 Å². The van der Waals surface area contributed by atoms with Gasteiger partial charge in [-0.2, -0.15) is 0 Å². The molecule has 0 spiro atoms. The number of aromatic nitrogens is 3. The fourth-order valence-electron chi connectivity index (χ4n) is 3.30. The third-order valence-corrected chi connectivity index (χ3v) is 4.69. The summed E-state index contributed by atoms with van der Waals surface area (Å²) in [6.07, 6.45) is 1.62. The van der Waals surface area contributed by atoms with Gasteiger partial charge in [-0.15, -0.1) is 0 Å². The number of fused-ring (bicyclic) bond motifs is 3. The maximum absolute atomic E-state index is 12.8. The van der Waals surface area contributed by atoms with Gasteiger partial charge in [0.1, 0.15) is 5.69 Å². The number of aryl methyl sites for hydroxylation is 3. The number of anilines is 1. The van der Waals surface area contributed by atoms with E-state index in [1.165, 1.54) is 0 Å². The maximum Gasteiger partial charge on any atom is 0.272 e. The van der Waals surface area contributed by atoms with Crippen LogP contribution >= 0.6 is 0 Å². The third-order valence-electron chi connectivity index (χ3n) is 4.69. The van der Waals surface area contributed by atoms with Gasteiger partial charge in [0.2, 0.25) is 0 Å². The Hall–Kier alpha value is -3.41. The molecule has 1 N–H and O–H groups in total. The average Bonchev–Trinajstić information content (AvgIpc) is 2.99. The van der Waals surface area contributed by atoms with E-state index in [1.807, 2.05) is 37.3 Å². The smallest absolute Gasteiger partial charge is 0.272 e. The number of carbonyl (C=O) groups excluding carboxylic acids is 1. The molecule has 0 atom stereocenters. The zero-order valence-corrected chi connectivity index (χ0v) is 14.8. The highest BCUT2D eigenvalue weighted by atomic mass is 16.2. The predicted molar refractivity (Wildman–Crippen MR) is 103 cm³/mol. The lowest BCUT2D eigenvalue weighted by Gasteiger charge is -2.09. The summed E-state index contributed by atoms with van der Waals surface area (Å²) in [6, 6.07) is 13.0. The van der Waals surface area contributed by atoms with E-state index in [0.29, 0.717) is 16.8 Å². The molecule has 1 aromatic carbocycles. The zero-order valence-electron chi connectivity index (χ0n) is 14.8. The van der Waals surface area contributed by atoms with E-state index in [1.54, 1.807) is 41.6 Å². The first kappa shape index (κ1) is 16.1. The number of nitrogens with one attached hydrogen (secondary N) is 1. The fraction of sp³-hybridized carbons (Fsp3) is 0.150. The molecule has 0 unspecified atom stereocenters. The molecule has 130 valence electrons. The molecule has 1 amide bonds. The van der Waals surface area contributed by atoms with Crippen molar-refractivity contribution in [1.82, 2.24) is 14.1 Å². The van der Waals surface area contributed by atoms with Crippen LogP contribution in [0.15, 0.2) is 53.5 Å². The normalized spacial score (nSPS) is 11.2. The van der Waals surface area contributed by atoms with Gasteiger partial charge in [-0.05, 0) is 31.2 Å². The Bertz CT molecular complexity index is 1220. The van der Waals surface area contributed by atoms with Crippen LogP contribution in [0.5, 0.6) is 0 Å². The summed E-state index contributed by atoms with van der Waals surface area (Å²) in [6.45, 7) is 1.89. The minimum absolute atomic E-state index is 0.120. The van der Waals surface area contributed by atoms with Gasteiger partial charge < -0.3 is 14.5 Å². The van der Waals surface area contributed by atoms with Crippen LogP contribution in [0.1, 0.15) is 16.2 Å². The standard InChI is InChI=1S/C20H18N4O2/c1-12-8-9-13(11-21-12)22-19(25)17-10-15-18(23(17)2)14-6-4-5-7-16(14)24(3)20(15)26/h4-11H,1-3H3,(H,22,25). The highest BCUT2D eigenvalue weighted by Gasteiger charge is 2.18. The van der Waals surface area contributed by atoms with Gasteiger partial charge in [0.25, 0.3) is 11.5 Å². The number of rotatable bonds is 2. The summed E-state index contributed by atoms with van der Waals surface area (Å²) < 4.78 is 3.39. The van der Waals surface area contributed by atoms with Crippen LogP contribution < -0.4 is 10.9 Å². The highest BCUT2D eigenvalue weighted by molar-refractivity contribution is 6.11. The average molecular weight is 346 g/mol. The largest absolute Gasteiger partial charge is 0.339 e. The first-order valence-electron chi connectivity index (χ1n) is 8.28. The van der Waals surface area contributed by atoms with Gasteiger partial charge in [-0.25, -0.2) is 0 Å². The number of hydrogen-bond acceptors (Lipinski definition) is 3. The lowest BCUT2D eigenvalue weighted by atomic mass is 10.1. The van der Waals surface area contributed by atoms with Crippen molar-refractivity contribution in [1.29, 1.82) is 0 Å². The van der Waals surface area contributed by atoms with Crippen LogP contribution in [0.2, 0.25) is 0 Å². The summed E-state index contributed by atoms with van der Waals surface area (Å²) in [5.74, 6) is -0.277. The van der Waals surface area contributed by atoms with Crippen molar-refractivity contribution in [3.05, 3.63) is 70.4 Å². The van der Waals surface area contributed by atoms with Crippen molar-refractivity contribution in [2.75, 3.05) is 5.32 Å². The monoisotopic (exact) mass is 346 g/mol. The van der Waals surface area contributed by atoms with Crippen molar-refractivity contribution in [3.8, 4) is 0 Å². The number of nitrogens with zero attached hydrogens (tertiary/aromatic N) is 3. The van der Waals surface area contributed by atoms with E-state index in [9.17, 15) is 9.59 Å². The van der Waals surface area contributed by atoms with Crippen molar-refractivity contribution < 1.29 is 4.79 Å². The Morgan fingerprint density at radius 3 is 2.54 bits per heavy atom. The summed E-state index contributed by atoms with van der Waals surface area (Å²) in [4.78, 5) is 29.7. The molecule has 0 radical (unpaired) electrons. The second-order valence-corrected chi connectivity index (χ2v) is 6.37. The van der Waals surface area contributed by atoms with Crippen molar-refractivity contribution >= 4 is 33.4 Å². The Balaban J connectivity index is 1.89. The lowest BCUT2D eigenvalue weighted by Crippen LogP contribution is -2.17. The summed E-state index contributed by atoms with van der Waals surface area (Å²) in [5, 5.41) is 4.30. The fourth-order valence-corrected chi connectivity index (χ4v) is 3.30. The molecule has 0 bridgehead atoms. The Labute approximate surface area is 149 Å². The quantitative estimate of drug-likeness (QED) is 0.607. The maximum atomic E-state index is 12.8. The molecular weight excluding hydrogens is 328 g/mol. The van der Waals surface area contributed by atoms with E-state index in [4.69, 9.17) is 0 Å². The lowest BCUT2D eigenvalue weighted by molar-refractivity contribution is 0.101. The van der Waals surface area contributed by atoms with Gasteiger partial charge in [0.05, 0.1) is 28.3 Å². The number of pyridine rings is 2. The molecule has 0 saturated carbocycles. The predicted octanol–water partition coefficient (Wildman–Crippen LogP) is 2.99. The molecule has 6 nitrogen and oxygen atoms in total. The second kappa shape index (κ2) is 5.84. The van der Waals surface area contributed by atoms with Crippen LogP contribution in [-0.2, 0) is 14.1 Å². The molecule has 0 aliphatic carbocycles. The molecule has 0 aliphatic heterocycles. The molecular formula is C20H18N4O2. The van der Waals surface area contributed by atoms with Gasteiger partial charge in [0.15, 0.2) is 0 Å². The first-order valence-corrected chi connectivity index (χ1v) is 8.28. The Morgan fingerprint density at radius 2 is 1.81 bits per heavy atom. The minimum Gasteiger partial charge on any atom is -0.339 e. The minimum atomic E-state index is -0.277. The number of carbonyl (C=O) groups is 1. The SMILES string of the molecule is Cc1ccc(NC(=O)c2cc3c(=O)n(C)c4ccccc4c3n2C)cn1. The van der Waals surface area contributed by atoms with Gasteiger partial charge in [0, 0.05) is 25.2 Å². The highest BCUT2D eigenvalue weighted by Crippen LogP contribution is 2.25. The van der Waals surface area contributed by atoms with E-state index in [2.05, 4.69) is 10.3 Å². The van der Waals surface area contributed by atoms with E-state index < -0.39 is 0 Å². The Morgan fingerprint density at radius 1 is 1.04 bits per heavy atom. The van der Waals surface area contributed by atoms with Gasteiger partial charge in [-0.1, -0.05) is 18.2 Å². The number of amides is 1. The number of hydrogen-bond donors (Lipinski definition) is 1. The second-order valence-electron chi connectivity index (χ2n) is 6.37. The van der Waals surface area contributed by atoms with Crippen LogP contribution in [0, 0.1) is 6.92 Å². The number of para-hydroxylation sites is 1. The topological polar surface area (TPSA) is 68.9 Å². The number of benzene rings is 1. The zero-order chi connectivity index (χ0) is 18.4. The van der Waals surface area contributed by atoms with Crippen molar-refractivity contribution in [2.24, 2.45) is 14.1 Å². The van der Waals surface area contributed by atoms with Gasteiger partial charge >= 0.3 is 0 Å². The molecule has 4 rings (SSSR count). The van der Waals surface area contributed by atoms with E-state index in [-0.39, 0.29) is 11.5 Å². The van der Waals surface area contributed by atoms with E-state index >= 15 is 0 Å². The molecule has 0 aliphatic rings. The van der Waals surface area contributed by atoms with Crippen LogP contribution in [0.3, 0.4) is 0 Å². The first-order chi connectivity index (χ1) is 12.5. The van der Waals surface area contributed by atoms with Crippen LogP contribution in [0.4, 0.5) is 5.69 Å². The molecule has 0 fully saturated rings. The van der Waals surface area contributed by atoms with Crippen LogP contribution in [-0.4, -0.2) is 20.0 Å².